The smallest absolute Gasteiger partial charge is 0.231 e. The molecule has 2 saturated heterocycles. The fourth-order valence-corrected chi connectivity index (χ4v) is 4.10. The largest absolute Gasteiger partial charge is 0.378 e. The van der Waals surface area contributed by atoms with Crippen molar-refractivity contribution in [3.05, 3.63) is 53.9 Å². The molecule has 7 heteroatoms. The maximum atomic E-state index is 14.3. The van der Waals surface area contributed by atoms with Crippen molar-refractivity contribution in [2.45, 2.75) is 13.0 Å². The van der Waals surface area contributed by atoms with Crippen LogP contribution in [-0.4, -0.2) is 64.7 Å². The molecule has 0 aliphatic carbocycles. The van der Waals surface area contributed by atoms with Crippen molar-refractivity contribution in [2.24, 2.45) is 12.5 Å². The number of hydrogen-bond donors (Lipinski definition) is 0. The molecule has 2 aromatic rings. The van der Waals surface area contributed by atoms with Gasteiger partial charge in [0.25, 0.3) is 0 Å². The lowest BCUT2D eigenvalue weighted by Crippen LogP contribution is -2.65. The van der Waals surface area contributed by atoms with E-state index in [-0.39, 0.29) is 11.7 Å². The third-order valence-corrected chi connectivity index (χ3v) is 5.58. The average molecular weight is 372 g/mol. The van der Waals surface area contributed by atoms with E-state index in [2.05, 4.69) is 9.88 Å². The van der Waals surface area contributed by atoms with E-state index < -0.39 is 5.41 Å². The number of morpholine rings is 1. The molecule has 0 spiro atoms. The Labute approximate surface area is 158 Å². The van der Waals surface area contributed by atoms with E-state index in [0.29, 0.717) is 57.9 Å². The Kier molecular flexibility index (Phi) is 4.97. The molecule has 0 saturated carbocycles. The summed E-state index contributed by atoms with van der Waals surface area (Å²) in [7, 11) is 1.97. The Morgan fingerprint density at radius 1 is 1.26 bits per heavy atom. The van der Waals surface area contributed by atoms with E-state index in [1.54, 1.807) is 18.3 Å². The first-order chi connectivity index (χ1) is 13.1. The molecule has 2 fully saturated rings. The highest BCUT2D eigenvalue weighted by molar-refractivity contribution is 5.85. The lowest BCUT2D eigenvalue weighted by Gasteiger charge is -2.51. The van der Waals surface area contributed by atoms with E-state index in [9.17, 15) is 9.18 Å². The summed E-state index contributed by atoms with van der Waals surface area (Å²) in [6.45, 7) is 4.28. The SMILES string of the molecule is Cn1ccnc1CN1CC(Cc2ccccc2F)(C(=O)N2CCOCC2)C1. The van der Waals surface area contributed by atoms with E-state index in [0.717, 1.165) is 5.82 Å². The van der Waals surface area contributed by atoms with Crippen LogP contribution in [0.25, 0.3) is 0 Å². The van der Waals surface area contributed by atoms with Crippen molar-refractivity contribution in [3.8, 4) is 0 Å². The predicted octanol–water partition coefficient (Wildman–Crippen LogP) is 1.46. The molecule has 144 valence electrons. The highest BCUT2D eigenvalue weighted by atomic mass is 19.1. The first-order valence-corrected chi connectivity index (χ1v) is 9.36. The number of benzene rings is 1. The summed E-state index contributed by atoms with van der Waals surface area (Å²) in [6, 6.07) is 6.76. The molecule has 1 aromatic carbocycles. The number of aromatic nitrogens is 2. The van der Waals surface area contributed by atoms with Crippen LogP contribution in [-0.2, 0) is 29.5 Å². The van der Waals surface area contributed by atoms with Crippen LogP contribution in [0.5, 0.6) is 0 Å². The van der Waals surface area contributed by atoms with Gasteiger partial charge in [-0.1, -0.05) is 18.2 Å². The van der Waals surface area contributed by atoms with Gasteiger partial charge in [0.15, 0.2) is 0 Å². The normalized spacial score (nSPS) is 19.7. The molecule has 4 rings (SSSR count). The molecule has 1 aromatic heterocycles. The summed E-state index contributed by atoms with van der Waals surface area (Å²) in [5.74, 6) is 0.840. The zero-order chi connectivity index (χ0) is 18.9. The minimum atomic E-state index is -0.579. The fraction of sp³-hybridized carbons (Fsp3) is 0.500. The van der Waals surface area contributed by atoms with Gasteiger partial charge < -0.3 is 14.2 Å². The minimum Gasteiger partial charge on any atom is -0.378 e. The van der Waals surface area contributed by atoms with E-state index in [1.165, 1.54) is 6.07 Å². The summed E-state index contributed by atoms with van der Waals surface area (Å²) in [5, 5.41) is 0. The molecule has 1 amide bonds. The number of rotatable bonds is 5. The van der Waals surface area contributed by atoms with Crippen LogP contribution in [0.15, 0.2) is 36.7 Å². The quantitative estimate of drug-likeness (QED) is 0.798. The molecule has 2 aliphatic heterocycles. The molecule has 0 unspecified atom stereocenters. The molecule has 0 N–H and O–H groups in total. The van der Waals surface area contributed by atoms with Gasteiger partial charge in [0.1, 0.15) is 11.6 Å². The number of carbonyl (C=O) groups excluding carboxylic acids is 1. The van der Waals surface area contributed by atoms with Crippen LogP contribution < -0.4 is 0 Å². The zero-order valence-electron chi connectivity index (χ0n) is 15.6. The molecular formula is C20H25FN4O2. The number of hydrogen-bond acceptors (Lipinski definition) is 4. The zero-order valence-corrected chi connectivity index (χ0v) is 15.6. The van der Waals surface area contributed by atoms with Crippen molar-refractivity contribution in [1.82, 2.24) is 19.4 Å². The number of carbonyl (C=O) groups is 1. The number of halogens is 1. The number of amides is 1. The van der Waals surface area contributed by atoms with Gasteiger partial charge in [-0.05, 0) is 18.1 Å². The van der Waals surface area contributed by atoms with Crippen molar-refractivity contribution in [2.75, 3.05) is 39.4 Å². The number of nitrogens with zero attached hydrogens (tertiary/aromatic N) is 4. The molecule has 2 aliphatic rings. The molecule has 6 nitrogen and oxygen atoms in total. The highest BCUT2D eigenvalue weighted by Gasteiger charge is 2.51. The van der Waals surface area contributed by atoms with Gasteiger partial charge in [-0.15, -0.1) is 0 Å². The van der Waals surface area contributed by atoms with E-state index in [1.807, 2.05) is 28.8 Å². The predicted molar refractivity (Wildman–Crippen MR) is 98.4 cm³/mol. The third kappa shape index (κ3) is 3.61. The number of imidazole rings is 1. The summed E-state index contributed by atoms with van der Waals surface area (Å²) < 4.78 is 21.6. The van der Waals surface area contributed by atoms with Crippen LogP contribution >= 0.6 is 0 Å². The van der Waals surface area contributed by atoms with Gasteiger partial charge in [0, 0.05) is 45.6 Å². The van der Waals surface area contributed by atoms with E-state index in [4.69, 9.17) is 4.74 Å². The first-order valence-electron chi connectivity index (χ1n) is 9.36. The third-order valence-electron chi connectivity index (χ3n) is 5.58. The lowest BCUT2D eigenvalue weighted by molar-refractivity contribution is -0.158. The van der Waals surface area contributed by atoms with Crippen LogP contribution in [0, 0.1) is 11.2 Å². The van der Waals surface area contributed by atoms with Gasteiger partial charge in [-0.2, -0.15) is 0 Å². The standard InChI is InChI=1S/C20H25FN4O2/c1-23-7-6-22-18(23)13-24-14-20(15-24,12-16-4-2-3-5-17(16)21)19(26)25-8-10-27-11-9-25/h2-7H,8-15H2,1H3. The van der Waals surface area contributed by atoms with Gasteiger partial charge in [0.05, 0.1) is 25.2 Å². The van der Waals surface area contributed by atoms with Gasteiger partial charge in [-0.3, -0.25) is 9.69 Å². The van der Waals surface area contributed by atoms with Gasteiger partial charge in [0.2, 0.25) is 5.91 Å². The monoisotopic (exact) mass is 372 g/mol. The van der Waals surface area contributed by atoms with Crippen molar-refractivity contribution < 1.29 is 13.9 Å². The Balaban J connectivity index is 1.52. The second-order valence-corrected chi connectivity index (χ2v) is 7.55. The van der Waals surface area contributed by atoms with Gasteiger partial charge >= 0.3 is 0 Å². The number of aryl methyl sites for hydroxylation is 1. The van der Waals surface area contributed by atoms with Crippen molar-refractivity contribution in [3.63, 3.8) is 0 Å². The molecule has 3 heterocycles. The molecule has 0 atom stereocenters. The van der Waals surface area contributed by atoms with Crippen LogP contribution in [0.4, 0.5) is 4.39 Å². The average Bonchev–Trinajstić information content (AvgIpc) is 3.06. The molecule has 0 bridgehead atoms. The molecular weight excluding hydrogens is 347 g/mol. The summed E-state index contributed by atoms with van der Waals surface area (Å²) >= 11 is 0. The van der Waals surface area contributed by atoms with Crippen LogP contribution in [0.3, 0.4) is 0 Å². The highest BCUT2D eigenvalue weighted by Crippen LogP contribution is 2.38. The first kappa shape index (κ1) is 18.1. The Morgan fingerprint density at radius 2 is 2.00 bits per heavy atom. The Morgan fingerprint density at radius 3 is 2.67 bits per heavy atom. The maximum absolute atomic E-state index is 14.3. The van der Waals surface area contributed by atoms with Gasteiger partial charge in [-0.25, -0.2) is 9.37 Å². The lowest BCUT2D eigenvalue weighted by atomic mass is 9.73. The topological polar surface area (TPSA) is 50.6 Å². The molecule has 27 heavy (non-hydrogen) atoms. The van der Waals surface area contributed by atoms with Crippen LogP contribution in [0.2, 0.25) is 0 Å². The van der Waals surface area contributed by atoms with Crippen molar-refractivity contribution in [1.29, 1.82) is 0 Å². The number of ether oxygens (including phenoxy) is 1. The van der Waals surface area contributed by atoms with E-state index >= 15 is 0 Å². The minimum absolute atomic E-state index is 0.116. The Hall–Kier alpha value is -2.25. The number of likely N-dealkylation sites (tertiary alicyclic amines) is 1. The Bertz CT molecular complexity index is 810. The molecule has 0 radical (unpaired) electrons. The van der Waals surface area contributed by atoms with Crippen LogP contribution in [0.1, 0.15) is 11.4 Å². The summed E-state index contributed by atoms with van der Waals surface area (Å²) in [5.41, 5.74) is 0.0285. The second-order valence-electron chi connectivity index (χ2n) is 7.55. The second kappa shape index (κ2) is 7.40. The summed E-state index contributed by atoms with van der Waals surface area (Å²) in [4.78, 5) is 21.8. The van der Waals surface area contributed by atoms with Crippen molar-refractivity contribution >= 4 is 5.91 Å². The fourth-order valence-electron chi connectivity index (χ4n) is 4.10. The maximum Gasteiger partial charge on any atom is 0.231 e. The summed E-state index contributed by atoms with van der Waals surface area (Å²) in [6.07, 6.45) is 4.12.